The second-order valence-electron chi connectivity index (χ2n) is 3.63. The Kier molecular flexibility index (Phi) is 2.49. The van der Waals surface area contributed by atoms with Gasteiger partial charge in [0.2, 0.25) is 0 Å². The predicted octanol–water partition coefficient (Wildman–Crippen LogP) is 1.88. The van der Waals surface area contributed by atoms with E-state index in [0.29, 0.717) is 11.4 Å². The highest BCUT2D eigenvalue weighted by Gasteiger charge is 2.04. The van der Waals surface area contributed by atoms with Crippen LogP contribution >= 0.6 is 0 Å². The van der Waals surface area contributed by atoms with Crippen molar-refractivity contribution in [2.45, 2.75) is 0 Å². The third-order valence-electron chi connectivity index (χ3n) is 2.40. The lowest BCUT2D eigenvalue weighted by atomic mass is 10.3. The van der Waals surface area contributed by atoms with Gasteiger partial charge in [0.1, 0.15) is 11.4 Å². The van der Waals surface area contributed by atoms with E-state index in [1.165, 1.54) is 4.40 Å². The summed E-state index contributed by atoms with van der Waals surface area (Å²) in [6.45, 7) is 0. The van der Waals surface area contributed by atoms with E-state index >= 15 is 0 Å². The molecule has 0 unspecified atom stereocenters. The first-order valence-corrected chi connectivity index (χ1v) is 5.41. The van der Waals surface area contributed by atoms with Crippen LogP contribution in [0.15, 0.2) is 59.5 Å². The summed E-state index contributed by atoms with van der Waals surface area (Å²) in [5, 5.41) is 0. The maximum atomic E-state index is 11.7. The van der Waals surface area contributed by atoms with E-state index < -0.39 is 5.69 Å². The second-order valence-corrected chi connectivity index (χ2v) is 3.63. The van der Waals surface area contributed by atoms with Gasteiger partial charge in [-0.2, -0.15) is 4.98 Å². The molecule has 88 valence electrons. The van der Waals surface area contributed by atoms with E-state index in [0.717, 1.165) is 0 Å². The molecule has 0 N–H and O–H groups in total. The second kappa shape index (κ2) is 4.29. The van der Waals surface area contributed by atoms with Gasteiger partial charge in [0.05, 0.1) is 0 Å². The fraction of sp³-hybridized carbons (Fsp3) is 0. The summed E-state index contributed by atoms with van der Waals surface area (Å²) >= 11 is 0. The highest BCUT2D eigenvalue weighted by Crippen LogP contribution is 2.15. The van der Waals surface area contributed by atoms with Crippen LogP contribution in [-0.2, 0) is 0 Å². The molecule has 5 heteroatoms. The lowest BCUT2D eigenvalue weighted by molar-refractivity contribution is 0.438. The molecule has 18 heavy (non-hydrogen) atoms. The van der Waals surface area contributed by atoms with Crippen molar-refractivity contribution >= 4 is 5.65 Å². The topological polar surface area (TPSA) is 56.5 Å². The number of pyridine rings is 1. The van der Waals surface area contributed by atoms with Crippen molar-refractivity contribution in [2.75, 3.05) is 0 Å². The van der Waals surface area contributed by atoms with Gasteiger partial charge in [0.25, 0.3) is 0 Å². The van der Waals surface area contributed by atoms with Crippen molar-refractivity contribution in [3.05, 3.63) is 65.2 Å². The molecular weight excluding hydrogens is 230 g/mol. The zero-order valence-electron chi connectivity index (χ0n) is 9.35. The average molecular weight is 239 g/mol. The van der Waals surface area contributed by atoms with Crippen LogP contribution < -0.4 is 10.4 Å². The maximum absolute atomic E-state index is 11.7. The Hall–Kier alpha value is -2.69. The first kappa shape index (κ1) is 10.5. The monoisotopic (exact) mass is 239 g/mol. The van der Waals surface area contributed by atoms with Crippen molar-refractivity contribution in [1.29, 1.82) is 0 Å². The standard InChI is InChI=1S/C13H9N3O2/c17-13-15-12(18-10-6-2-1-3-7-10)14-11-8-4-5-9-16(11)13/h1-9H. The van der Waals surface area contributed by atoms with Gasteiger partial charge in [0, 0.05) is 6.20 Å². The van der Waals surface area contributed by atoms with Crippen LogP contribution in [0.2, 0.25) is 0 Å². The van der Waals surface area contributed by atoms with Crippen molar-refractivity contribution in [2.24, 2.45) is 0 Å². The lowest BCUT2D eigenvalue weighted by Gasteiger charge is -2.04. The molecule has 3 aromatic rings. The summed E-state index contributed by atoms with van der Waals surface area (Å²) in [5.74, 6) is 0.595. The quantitative estimate of drug-likeness (QED) is 0.685. The summed E-state index contributed by atoms with van der Waals surface area (Å²) in [6, 6.07) is 14.4. The largest absolute Gasteiger partial charge is 0.424 e. The van der Waals surface area contributed by atoms with Gasteiger partial charge in [-0.05, 0) is 24.3 Å². The minimum Gasteiger partial charge on any atom is -0.424 e. The summed E-state index contributed by atoms with van der Waals surface area (Å²) < 4.78 is 6.79. The van der Waals surface area contributed by atoms with Crippen molar-refractivity contribution in [1.82, 2.24) is 14.4 Å². The zero-order valence-corrected chi connectivity index (χ0v) is 9.35. The third kappa shape index (κ3) is 1.93. The number of fused-ring (bicyclic) bond motifs is 1. The number of rotatable bonds is 2. The summed E-state index contributed by atoms with van der Waals surface area (Å²) in [5.41, 5.74) is 0.0926. The van der Waals surface area contributed by atoms with Gasteiger partial charge in [-0.3, -0.25) is 4.40 Å². The molecule has 0 spiro atoms. The molecule has 2 heterocycles. The van der Waals surface area contributed by atoms with E-state index in [-0.39, 0.29) is 6.01 Å². The number of hydrogen-bond donors (Lipinski definition) is 0. The molecule has 0 saturated carbocycles. The highest BCUT2D eigenvalue weighted by molar-refractivity contribution is 5.38. The van der Waals surface area contributed by atoms with Crippen LogP contribution in [0.25, 0.3) is 5.65 Å². The van der Waals surface area contributed by atoms with Crippen LogP contribution in [-0.4, -0.2) is 14.4 Å². The van der Waals surface area contributed by atoms with Crippen LogP contribution in [0.4, 0.5) is 0 Å². The molecular formula is C13H9N3O2. The smallest absolute Gasteiger partial charge is 0.358 e. The van der Waals surface area contributed by atoms with Gasteiger partial charge in [-0.1, -0.05) is 24.3 Å². The van der Waals surface area contributed by atoms with Crippen molar-refractivity contribution < 1.29 is 4.74 Å². The van der Waals surface area contributed by atoms with Crippen LogP contribution in [0.5, 0.6) is 11.8 Å². The summed E-state index contributed by atoms with van der Waals surface area (Å²) in [6.07, 6.45) is 1.62. The van der Waals surface area contributed by atoms with Crippen LogP contribution in [0, 0.1) is 0 Å². The summed E-state index contributed by atoms with van der Waals surface area (Å²) in [4.78, 5) is 19.7. The lowest BCUT2D eigenvalue weighted by Crippen LogP contribution is -2.18. The molecule has 0 atom stereocenters. The summed E-state index contributed by atoms with van der Waals surface area (Å²) in [7, 11) is 0. The molecule has 5 nitrogen and oxygen atoms in total. The number of hydrogen-bond acceptors (Lipinski definition) is 4. The van der Waals surface area contributed by atoms with Crippen molar-refractivity contribution in [3.63, 3.8) is 0 Å². The van der Waals surface area contributed by atoms with Crippen LogP contribution in [0.3, 0.4) is 0 Å². The SMILES string of the molecule is O=c1nc(Oc2ccccc2)nc2ccccn12. The number of benzene rings is 1. The molecule has 0 amide bonds. The van der Waals surface area contributed by atoms with Gasteiger partial charge in [-0.25, -0.2) is 4.79 Å². The predicted molar refractivity (Wildman–Crippen MR) is 65.8 cm³/mol. The van der Waals surface area contributed by atoms with E-state index in [9.17, 15) is 4.79 Å². The van der Waals surface area contributed by atoms with E-state index in [1.807, 2.05) is 18.2 Å². The van der Waals surface area contributed by atoms with Gasteiger partial charge < -0.3 is 4.74 Å². The normalized spacial score (nSPS) is 10.4. The number of para-hydroxylation sites is 1. The van der Waals surface area contributed by atoms with E-state index in [4.69, 9.17) is 4.74 Å². The Morgan fingerprint density at radius 3 is 2.56 bits per heavy atom. The minimum absolute atomic E-state index is 0.0531. The van der Waals surface area contributed by atoms with Gasteiger partial charge in [0.15, 0.2) is 0 Å². The molecule has 0 fully saturated rings. The Morgan fingerprint density at radius 2 is 1.72 bits per heavy atom. The van der Waals surface area contributed by atoms with Gasteiger partial charge in [-0.15, -0.1) is 4.98 Å². The number of aromatic nitrogens is 3. The molecule has 0 saturated heterocycles. The first-order valence-electron chi connectivity index (χ1n) is 5.41. The highest BCUT2D eigenvalue weighted by atomic mass is 16.5. The third-order valence-corrected chi connectivity index (χ3v) is 2.40. The van der Waals surface area contributed by atoms with Gasteiger partial charge >= 0.3 is 11.7 Å². The molecule has 0 aliphatic rings. The van der Waals surface area contributed by atoms with E-state index in [1.54, 1.807) is 36.5 Å². The average Bonchev–Trinajstić information content (AvgIpc) is 2.40. The molecule has 1 aromatic carbocycles. The molecule has 0 aliphatic carbocycles. The molecule has 0 radical (unpaired) electrons. The van der Waals surface area contributed by atoms with E-state index in [2.05, 4.69) is 9.97 Å². The molecule has 2 aromatic heterocycles. The van der Waals surface area contributed by atoms with Crippen molar-refractivity contribution in [3.8, 4) is 11.8 Å². The fourth-order valence-corrected chi connectivity index (χ4v) is 1.59. The molecule has 0 aliphatic heterocycles. The zero-order chi connectivity index (χ0) is 12.4. The first-order chi connectivity index (χ1) is 8.83. The fourth-order valence-electron chi connectivity index (χ4n) is 1.59. The Labute approximate surface area is 102 Å². The molecule has 0 bridgehead atoms. The number of ether oxygens (including phenoxy) is 1. The Morgan fingerprint density at radius 1 is 0.944 bits per heavy atom. The minimum atomic E-state index is -0.411. The maximum Gasteiger partial charge on any atom is 0.358 e. The molecule has 3 rings (SSSR count). The Balaban J connectivity index is 2.06. The Bertz CT molecular complexity index is 738. The van der Waals surface area contributed by atoms with Crippen LogP contribution in [0.1, 0.15) is 0 Å². The number of nitrogens with zero attached hydrogens (tertiary/aromatic N) is 3.